The highest BCUT2D eigenvalue weighted by molar-refractivity contribution is 5.83. The predicted octanol–water partition coefficient (Wildman–Crippen LogP) is 2.15. The van der Waals surface area contributed by atoms with Crippen molar-refractivity contribution in [2.24, 2.45) is 11.1 Å². The fourth-order valence-corrected chi connectivity index (χ4v) is 2.39. The van der Waals surface area contributed by atoms with Crippen molar-refractivity contribution in [2.75, 3.05) is 0 Å². The van der Waals surface area contributed by atoms with Crippen molar-refractivity contribution >= 4 is 5.91 Å². The summed E-state index contributed by atoms with van der Waals surface area (Å²) in [5, 5.41) is 0. The fourth-order valence-electron chi connectivity index (χ4n) is 2.39. The maximum Gasteiger partial charge on any atom is 0.240 e. The molecule has 0 radical (unpaired) electrons. The number of hydrogen-bond donors (Lipinski definition) is 1. The number of carbonyl (C=O) groups excluding carboxylic acids is 1. The highest BCUT2D eigenvalue weighted by atomic mass is 16.2. The molecule has 1 aliphatic rings. The van der Waals surface area contributed by atoms with Crippen LogP contribution in [0, 0.1) is 5.41 Å². The second-order valence-corrected chi connectivity index (χ2v) is 6.22. The van der Waals surface area contributed by atoms with Crippen LogP contribution in [0.4, 0.5) is 0 Å². The van der Waals surface area contributed by atoms with Crippen LogP contribution in [-0.2, 0) is 4.79 Å². The maximum absolute atomic E-state index is 12.4. The van der Waals surface area contributed by atoms with E-state index in [-0.39, 0.29) is 11.3 Å². The number of rotatable bonds is 1. The Morgan fingerprint density at radius 1 is 1.25 bits per heavy atom. The number of likely N-dealkylation sites (tertiary alicyclic amines) is 1. The van der Waals surface area contributed by atoms with Crippen LogP contribution in [0.5, 0.6) is 0 Å². The standard InChI is InChI=1S/C13H26N2O/c1-9-7-6-8-10(2)15(9)12(16)11(14)13(3,4)5/h9-11H,6-8,14H2,1-5H3. The highest BCUT2D eigenvalue weighted by Crippen LogP contribution is 2.26. The van der Waals surface area contributed by atoms with Crippen LogP contribution in [-0.4, -0.2) is 28.9 Å². The molecule has 0 saturated carbocycles. The molecule has 1 aliphatic heterocycles. The lowest BCUT2D eigenvalue weighted by atomic mass is 9.85. The van der Waals surface area contributed by atoms with Crippen LogP contribution in [0.1, 0.15) is 53.9 Å². The van der Waals surface area contributed by atoms with E-state index in [2.05, 4.69) is 13.8 Å². The number of nitrogens with two attached hydrogens (primary N) is 1. The van der Waals surface area contributed by atoms with Gasteiger partial charge in [-0.15, -0.1) is 0 Å². The molecule has 0 aromatic heterocycles. The quantitative estimate of drug-likeness (QED) is 0.744. The van der Waals surface area contributed by atoms with Gasteiger partial charge in [0.25, 0.3) is 0 Å². The Hall–Kier alpha value is -0.570. The van der Waals surface area contributed by atoms with Crippen molar-refractivity contribution in [1.82, 2.24) is 4.90 Å². The monoisotopic (exact) mass is 226 g/mol. The Bertz CT molecular complexity index is 247. The zero-order valence-corrected chi connectivity index (χ0v) is 11.3. The predicted molar refractivity (Wildman–Crippen MR) is 67.1 cm³/mol. The van der Waals surface area contributed by atoms with Gasteiger partial charge in [0, 0.05) is 12.1 Å². The van der Waals surface area contributed by atoms with E-state index in [1.54, 1.807) is 0 Å². The summed E-state index contributed by atoms with van der Waals surface area (Å²) in [7, 11) is 0. The van der Waals surface area contributed by atoms with E-state index < -0.39 is 6.04 Å². The summed E-state index contributed by atoms with van der Waals surface area (Å²) in [6, 6.07) is 0.282. The summed E-state index contributed by atoms with van der Waals surface area (Å²) in [6.45, 7) is 10.3. The Balaban J connectivity index is 2.79. The van der Waals surface area contributed by atoms with E-state index in [1.807, 2.05) is 25.7 Å². The lowest BCUT2D eigenvalue weighted by molar-refractivity contribution is -0.141. The molecular weight excluding hydrogens is 200 g/mol. The molecule has 3 nitrogen and oxygen atoms in total. The Labute approximate surface area is 99.4 Å². The van der Waals surface area contributed by atoms with Gasteiger partial charge in [0.15, 0.2) is 0 Å². The topological polar surface area (TPSA) is 46.3 Å². The first-order chi connectivity index (χ1) is 7.25. The molecule has 0 aliphatic carbocycles. The summed E-state index contributed by atoms with van der Waals surface area (Å²) in [5.74, 6) is 0.118. The smallest absolute Gasteiger partial charge is 0.240 e. The van der Waals surface area contributed by atoms with Crippen LogP contribution < -0.4 is 5.73 Å². The first-order valence-corrected chi connectivity index (χ1v) is 6.33. The fraction of sp³-hybridized carbons (Fsp3) is 0.923. The molecule has 3 heteroatoms. The molecule has 16 heavy (non-hydrogen) atoms. The number of nitrogens with zero attached hydrogens (tertiary/aromatic N) is 1. The molecule has 0 aromatic carbocycles. The first kappa shape index (κ1) is 13.5. The third-order valence-corrected chi connectivity index (χ3v) is 3.65. The lowest BCUT2D eigenvalue weighted by Gasteiger charge is -2.42. The van der Waals surface area contributed by atoms with Gasteiger partial charge in [0.1, 0.15) is 0 Å². The summed E-state index contributed by atoms with van der Waals surface area (Å²) in [4.78, 5) is 14.4. The van der Waals surface area contributed by atoms with E-state index >= 15 is 0 Å². The summed E-state index contributed by atoms with van der Waals surface area (Å²) in [6.07, 6.45) is 3.43. The van der Waals surface area contributed by atoms with Gasteiger partial charge in [-0.1, -0.05) is 20.8 Å². The van der Waals surface area contributed by atoms with Gasteiger partial charge in [0.2, 0.25) is 5.91 Å². The second kappa shape index (κ2) is 4.74. The number of carbonyl (C=O) groups is 1. The van der Waals surface area contributed by atoms with E-state index in [0.29, 0.717) is 12.1 Å². The molecule has 3 unspecified atom stereocenters. The molecule has 0 bridgehead atoms. The minimum absolute atomic E-state index is 0.118. The van der Waals surface area contributed by atoms with Gasteiger partial charge < -0.3 is 10.6 Å². The minimum atomic E-state index is -0.393. The average molecular weight is 226 g/mol. The Morgan fingerprint density at radius 3 is 2.06 bits per heavy atom. The van der Waals surface area contributed by atoms with Gasteiger partial charge in [-0.05, 0) is 38.5 Å². The molecule has 1 amide bonds. The van der Waals surface area contributed by atoms with E-state index in [9.17, 15) is 4.79 Å². The molecule has 0 aromatic rings. The summed E-state index contributed by atoms with van der Waals surface area (Å²) in [5.41, 5.74) is 5.90. The Morgan fingerprint density at radius 2 is 1.69 bits per heavy atom. The third-order valence-electron chi connectivity index (χ3n) is 3.65. The van der Waals surface area contributed by atoms with Gasteiger partial charge in [0.05, 0.1) is 6.04 Å². The summed E-state index contributed by atoms with van der Waals surface area (Å²) >= 11 is 0. The molecule has 1 saturated heterocycles. The number of hydrogen-bond acceptors (Lipinski definition) is 2. The molecule has 3 atom stereocenters. The maximum atomic E-state index is 12.4. The van der Waals surface area contributed by atoms with Crippen LogP contribution in [0.25, 0.3) is 0 Å². The molecule has 1 heterocycles. The second-order valence-electron chi connectivity index (χ2n) is 6.22. The van der Waals surface area contributed by atoms with Crippen molar-refractivity contribution in [3.63, 3.8) is 0 Å². The molecule has 1 fully saturated rings. The molecule has 1 rings (SSSR count). The number of piperidine rings is 1. The van der Waals surface area contributed by atoms with Gasteiger partial charge >= 0.3 is 0 Å². The van der Waals surface area contributed by atoms with E-state index in [4.69, 9.17) is 5.73 Å². The Kier molecular flexibility index (Phi) is 4.00. The van der Waals surface area contributed by atoms with Crippen LogP contribution in [0.15, 0.2) is 0 Å². The van der Waals surface area contributed by atoms with E-state index in [0.717, 1.165) is 12.8 Å². The van der Waals surface area contributed by atoms with Gasteiger partial charge in [-0.25, -0.2) is 0 Å². The zero-order valence-electron chi connectivity index (χ0n) is 11.3. The van der Waals surface area contributed by atoms with Crippen LogP contribution in [0.3, 0.4) is 0 Å². The first-order valence-electron chi connectivity index (χ1n) is 6.33. The van der Waals surface area contributed by atoms with Gasteiger partial charge in [-0.3, -0.25) is 4.79 Å². The highest BCUT2D eigenvalue weighted by Gasteiger charge is 2.36. The number of amides is 1. The normalized spacial score (nSPS) is 29.0. The van der Waals surface area contributed by atoms with Gasteiger partial charge in [-0.2, -0.15) is 0 Å². The largest absolute Gasteiger partial charge is 0.336 e. The van der Waals surface area contributed by atoms with Crippen LogP contribution >= 0.6 is 0 Å². The summed E-state index contributed by atoms with van der Waals surface area (Å²) < 4.78 is 0. The van der Waals surface area contributed by atoms with Crippen LogP contribution in [0.2, 0.25) is 0 Å². The van der Waals surface area contributed by atoms with Crippen molar-refractivity contribution in [3.8, 4) is 0 Å². The zero-order chi connectivity index (χ0) is 12.5. The van der Waals surface area contributed by atoms with Crippen molar-refractivity contribution in [2.45, 2.75) is 72.0 Å². The van der Waals surface area contributed by atoms with Crippen molar-refractivity contribution in [1.29, 1.82) is 0 Å². The van der Waals surface area contributed by atoms with Crippen molar-refractivity contribution < 1.29 is 4.79 Å². The molecular formula is C13H26N2O. The molecule has 94 valence electrons. The SMILES string of the molecule is CC1CCCC(C)N1C(=O)C(N)C(C)(C)C. The van der Waals surface area contributed by atoms with Crippen molar-refractivity contribution in [3.05, 3.63) is 0 Å². The minimum Gasteiger partial charge on any atom is -0.336 e. The third kappa shape index (κ3) is 2.76. The lowest BCUT2D eigenvalue weighted by Crippen LogP contribution is -2.56. The molecule has 0 spiro atoms. The van der Waals surface area contributed by atoms with E-state index in [1.165, 1.54) is 6.42 Å². The molecule has 2 N–H and O–H groups in total. The average Bonchev–Trinajstić information content (AvgIpc) is 2.14.